The van der Waals surface area contributed by atoms with Crippen LogP contribution >= 0.6 is 24.0 Å². The molecule has 0 aliphatic heterocycles. The molecule has 0 atom stereocenters. The van der Waals surface area contributed by atoms with Crippen LogP contribution in [0.1, 0.15) is 19.5 Å². The molecule has 0 bridgehead atoms. The molecule has 0 unspecified atom stereocenters. The minimum atomic E-state index is 0. The second-order valence-electron chi connectivity index (χ2n) is 4.73. The van der Waals surface area contributed by atoms with E-state index in [-0.39, 0.29) is 30.1 Å². The smallest absolute Gasteiger partial charge is 0.193 e. The lowest BCUT2D eigenvalue weighted by molar-refractivity contribution is 0.242. The molecule has 0 saturated carbocycles. The number of nitrogens with one attached hydrogen (secondary N) is 1. The third-order valence-electron chi connectivity index (χ3n) is 2.54. The fraction of sp³-hybridized carbons (Fsp3) is 0.267. The molecular weight excluding hydrogens is 393 g/mol. The van der Waals surface area contributed by atoms with Gasteiger partial charge in [-0.2, -0.15) is 10.2 Å². The summed E-state index contributed by atoms with van der Waals surface area (Å²) in [4.78, 5) is 4.21. The van der Waals surface area contributed by atoms with Gasteiger partial charge in [0.15, 0.2) is 5.96 Å². The van der Waals surface area contributed by atoms with Crippen molar-refractivity contribution in [1.29, 1.82) is 0 Å². The van der Waals surface area contributed by atoms with E-state index in [4.69, 9.17) is 10.5 Å². The fourth-order valence-electron chi connectivity index (χ4n) is 1.66. The molecule has 0 aliphatic carbocycles. The van der Waals surface area contributed by atoms with Crippen molar-refractivity contribution in [2.24, 2.45) is 10.7 Å². The van der Waals surface area contributed by atoms with Gasteiger partial charge in [-0.25, -0.2) is 4.99 Å². The number of ether oxygens (including phenoxy) is 1. The van der Waals surface area contributed by atoms with Gasteiger partial charge in [0.2, 0.25) is 0 Å². The van der Waals surface area contributed by atoms with Crippen molar-refractivity contribution in [3.63, 3.8) is 0 Å². The van der Waals surface area contributed by atoms with E-state index in [9.17, 15) is 0 Å². The molecule has 0 radical (unpaired) electrons. The number of hydrogen-bond acceptors (Lipinski definition) is 4. The first-order valence-electron chi connectivity index (χ1n) is 6.74. The topological polar surface area (TPSA) is 85.4 Å². The van der Waals surface area contributed by atoms with E-state index in [2.05, 4.69) is 20.5 Å². The van der Waals surface area contributed by atoms with E-state index in [1.807, 2.05) is 50.2 Å². The minimum absolute atomic E-state index is 0. The van der Waals surface area contributed by atoms with Crippen molar-refractivity contribution in [1.82, 2.24) is 10.2 Å². The van der Waals surface area contributed by atoms with Gasteiger partial charge in [-0.3, -0.25) is 0 Å². The summed E-state index contributed by atoms with van der Waals surface area (Å²) in [6, 6.07) is 11.2. The van der Waals surface area contributed by atoms with E-state index in [1.54, 1.807) is 6.20 Å². The zero-order chi connectivity index (χ0) is 15.1. The predicted octanol–water partition coefficient (Wildman–Crippen LogP) is 2.81. The van der Waals surface area contributed by atoms with Crippen LogP contribution in [0.15, 0.2) is 47.6 Å². The van der Waals surface area contributed by atoms with Crippen LogP contribution < -0.4 is 15.8 Å². The van der Waals surface area contributed by atoms with Crippen LogP contribution in [0.3, 0.4) is 0 Å². The summed E-state index contributed by atoms with van der Waals surface area (Å²) in [5.74, 6) is 1.16. The second kappa shape index (κ2) is 9.19. The number of halogens is 1. The normalized spacial score (nSPS) is 11.0. The molecule has 1 aromatic heterocycles. The van der Waals surface area contributed by atoms with Crippen molar-refractivity contribution in [2.75, 3.05) is 5.32 Å². The molecule has 22 heavy (non-hydrogen) atoms. The Morgan fingerprint density at radius 2 is 2.00 bits per heavy atom. The van der Waals surface area contributed by atoms with Crippen molar-refractivity contribution in [3.05, 3.63) is 48.3 Å². The maximum atomic E-state index is 5.83. The molecule has 1 aromatic carbocycles. The van der Waals surface area contributed by atoms with E-state index >= 15 is 0 Å². The molecular formula is C15H20IN5O. The Bertz CT molecular complexity index is 587. The van der Waals surface area contributed by atoms with Crippen LogP contribution in [-0.2, 0) is 6.54 Å². The van der Waals surface area contributed by atoms with E-state index < -0.39 is 0 Å². The number of benzene rings is 1. The van der Waals surface area contributed by atoms with E-state index in [0.717, 1.165) is 17.1 Å². The summed E-state index contributed by atoms with van der Waals surface area (Å²) in [7, 11) is 0. The maximum absolute atomic E-state index is 5.83. The summed E-state index contributed by atoms with van der Waals surface area (Å²) in [6.07, 6.45) is 1.78. The second-order valence-corrected chi connectivity index (χ2v) is 4.73. The number of anilines is 1. The number of hydrogen-bond donors (Lipinski definition) is 2. The SMILES string of the molecule is CC(C)Oc1ccc(NC(N)=NCc2cccnn2)cc1.I. The average Bonchev–Trinajstić information content (AvgIpc) is 2.48. The molecule has 0 fully saturated rings. The highest BCUT2D eigenvalue weighted by atomic mass is 127. The van der Waals surface area contributed by atoms with Crippen LogP contribution in [0.4, 0.5) is 5.69 Å². The molecule has 118 valence electrons. The average molecular weight is 413 g/mol. The lowest BCUT2D eigenvalue weighted by atomic mass is 10.3. The van der Waals surface area contributed by atoms with Gasteiger partial charge in [0, 0.05) is 11.9 Å². The number of nitrogens with two attached hydrogens (primary N) is 1. The van der Waals surface area contributed by atoms with Gasteiger partial charge < -0.3 is 15.8 Å². The molecule has 0 amide bonds. The molecule has 6 nitrogen and oxygen atoms in total. The van der Waals surface area contributed by atoms with Crippen LogP contribution in [-0.4, -0.2) is 22.3 Å². The summed E-state index contributed by atoms with van der Waals surface area (Å²) in [5, 5.41) is 10.7. The Balaban J connectivity index is 0.00000242. The molecule has 1 heterocycles. The van der Waals surface area contributed by atoms with Crippen molar-refractivity contribution in [3.8, 4) is 5.75 Å². The summed E-state index contributed by atoms with van der Waals surface area (Å²) >= 11 is 0. The number of guanidine groups is 1. The fourth-order valence-corrected chi connectivity index (χ4v) is 1.66. The Labute approximate surface area is 147 Å². The van der Waals surface area contributed by atoms with Gasteiger partial charge in [-0.15, -0.1) is 24.0 Å². The highest BCUT2D eigenvalue weighted by Crippen LogP contribution is 2.16. The Kier molecular flexibility index (Phi) is 7.58. The summed E-state index contributed by atoms with van der Waals surface area (Å²) in [6.45, 7) is 4.37. The molecule has 2 rings (SSSR count). The van der Waals surface area contributed by atoms with Crippen molar-refractivity contribution >= 4 is 35.6 Å². The Morgan fingerprint density at radius 1 is 1.27 bits per heavy atom. The Hall–Kier alpha value is -1.90. The van der Waals surface area contributed by atoms with Crippen LogP contribution in [0, 0.1) is 0 Å². The first-order valence-corrected chi connectivity index (χ1v) is 6.74. The molecule has 2 aromatic rings. The third-order valence-corrected chi connectivity index (χ3v) is 2.54. The van der Waals surface area contributed by atoms with Crippen molar-refractivity contribution in [2.45, 2.75) is 26.5 Å². The molecule has 0 saturated heterocycles. The van der Waals surface area contributed by atoms with Gasteiger partial charge in [-0.05, 0) is 50.2 Å². The highest BCUT2D eigenvalue weighted by Gasteiger charge is 1.99. The minimum Gasteiger partial charge on any atom is -0.491 e. The number of aliphatic imine (C=N–C) groups is 1. The lowest BCUT2D eigenvalue weighted by Crippen LogP contribution is -2.22. The summed E-state index contributed by atoms with van der Waals surface area (Å²) < 4.78 is 5.58. The maximum Gasteiger partial charge on any atom is 0.193 e. The quantitative estimate of drug-likeness (QED) is 0.448. The number of nitrogens with zero attached hydrogens (tertiary/aromatic N) is 3. The zero-order valence-corrected chi connectivity index (χ0v) is 14.9. The van der Waals surface area contributed by atoms with E-state index in [0.29, 0.717) is 12.5 Å². The van der Waals surface area contributed by atoms with Gasteiger partial charge in [-0.1, -0.05) is 0 Å². The summed E-state index contributed by atoms with van der Waals surface area (Å²) in [5.41, 5.74) is 7.45. The number of aromatic nitrogens is 2. The van der Waals surface area contributed by atoms with Crippen molar-refractivity contribution < 1.29 is 4.74 Å². The lowest BCUT2D eigenvalue weighted by Gasteiger charge is -2.10. The predicted molar refractivity (Wildman–Crippen MR) is 98.6 cm³/mol. The Morgan fingerprint density at radius 3 is 2.59 bits per heavy atom. The zero-order valence-electron chi connectivity index (χ0n) is 12.6. The largest absolute Gasteiger partial charge is 0.491 e. The first kappa shape index (κ1) is 18.1. The van der Waals surface area contributed by atoms with Gasteiger partial charge in [0.05, 0.1) is 18.3 Å². The monoisotopic (exact) mass is 413 g/mol. The molecule has 7 heteroatoms. The molecule has 3 N–H and O–H groups in total. The van der Waals surface area contributed by atoms with E-state index in [1.165, 1.54) is 0 Å². The standard InChI is InChI=1S/C15H19N5O.HI/c1-11(2)21-14-7-5-12(6-8-14)19-15(16)17-10-13-4-3-9-18-20-13;/h3-9,11H,10H2,1-2H3,(H3,16,17,19);1H. The third kappa shape index (κ3) is 6.25. The van der Waals surface area contributed by atoms with Crippen LogP contribution in [0.5, 0.6) is 5.75 Å². The van der Waals surface area contributed by atoms with Crippen LogP contribution in [0.2, 0.25) is 0 Å². The molecule has 0 spiro atoms. The first-order chi connectivity index (χ1) is 10.1. The van der Waals surface area contributed by atoms with Gasteiger partial charge in [0.1, 0.15) is 5.75 Å². The highest BCUT2D eigenvalue weighted by molar-refractivity contribution is 14.0. The van der Waals surface area contributed by atoms with Gasteiger partial charge >= 0.3 is 0 Å². The van der Waals surface area contributed by atoms with Crippen LogP contribution in [0.25, 0.3) is 0 Å². The van der Waals surface area contributed by atoms with Gasteiger partial charge in [0.25, 0.3) is 0 Å². The molecule has 0 aliphatic rings. The number of rotatable bonds is 5.